The van der Waals surface area contributed by atoms with Crippen LogP contribution in [0.3, 0.4) is 0 Å². The molecule has 1 aromatic carbocycles. The summed E-state index contributed by atoms with van der Waals surface area (Å²) in [5.41, 5.74) is 2.05. The third kappa shape index (κ3) is 5.16. The minimum absolute atomic E-state index is 0.00846. The van der Waals surface area contributed by atoms with Crippen molar-refractivity contribution in [2.75, 3.05) is 20.3 Å². The van der Waals surface area contributed by atoms with E-state index in [2.05, 4.69) is 5.32 Å². The number of Topliss-reactive ketones (excluding diaryl/α,β-unsaturated/α-hetero) is 1. The summed E-state index contributed by atoms with van der Waals surface area (Å²) < 4.78 is 29.9. The van der Waals surface area contributed by atoms with Gasteiger partial charge in [0.15, 0.2) is 5.78 Å². The average Bonchev–Trinajstić information content (AvgIpc) is 2.75. The van der Waals surface area contributed by atoms with E-state index in [1.54, 1.807) is 19.9 Å². The minimum atomic E-state index is -0.998. The first kappa shape index (κ1) is 24.6. The molecular weight excluding hydrogens is 429 g/mol. The number of carbonyl (C=O) groups excluding carboxylic acids is 3. The highest BCUT2D eigenvalue weighted by atomic mass is 19.1. The Labute approximate surface area is 193 Å². The van der Waals surface area contributed by atoms with Gasteiger partial charge in [-0.15, -0.1) is 0 Å². The maximum absolute atomic E-state index is 14.2. The Morgan fingerprint density at radius 3 is 2.61 bits per heavy atom. The predicted molar refractivity (Wildman–Crippen MR) is 118 cm³/mol. The van der Waals surface area contributed by atoms with Crippen LogP contribution >= 0.6 is 0 Å². The molecule has 0 radical (unpaired) electrons. The van der Waals surface area contributed by atoms with Gasteiger partial charge in [0.2, 0.25) is 0 Å². The SMILES string of the molecule is COC(=O)[C@@H]1C(=O)C2=C(C[C@H]1C)NC(C)=C(C(=O)OCCOC(C)C)[C@H]2c1cccc(F)c1. The van der Waals surface area contributed by atoms with Crippen molar-refractivity contribution in [1.29, 1.82) is 0 Å². The molecule has 0 aromatic heterocycles. The first-order chi connectivity index (χ1) is 15.6. The zero-order valence-electron chi connectivity index (χ0n) is 19.6. The van der Waals surface area contributed by atoms with Crippen LogP contribution in [0.15, 0.2) is 46.8 Å². The number of allylic oxidation sites excluding steroid dienone is 3. The first-order valence-electron chi connectivity index (χ1n) is 11.0. The van der Waals surface area contributed by atoms with Gasteiger partial charge in [-0.1, -0.05) is 19.1 Å². The van der Waals surface area contributed by atoms with Gasteiger partial charge in [-0.2, -0.15) is 0 Å². The van der Waals surface area contributed by atoms with Gasteiger partial charge in [0, 0.05) is 22.9 Å². The summed E-state index contributed by atoms with van der Waals surface area (Å²) in [4.78, 5) is 39.1. The van der Waals surface area contributed by atoms with Crippen LogP contribution in [0, 0.1) is 17.7 Å². The van der Waals surface area contributed by atoms with Gasteiger partial charge in [-0.05, 0) is 50.8 Å². The number of esters is 2. The number of ether oxygens (including phenoxy) is 3. The molecule has 1 N–H and O–H groups in total. The second kappa shape index (κ2) is 10.3. The largest absolute Gasteiger partial charge is 0.468 e. The molecular formula is C25H30FNO6. The standard InChI is InChI=1S/C25H30FNO6/c1-13(2)32-9-10-33-25(30)20-15(4)27-18-11-14(3)19(24(29)31-5)23(28)22(18)21(20)16-7-6-8-17(26)12-16/h6-8,12-14,19,21,27H,9-11H2,1-5H3/t14-,19+,21-/m1/s1. The van der Waals surface area contributed by atoms with Crippen LogP contribution < -0.4 is 5.32 Å². The van der Waals surface area contributed by atoms with Gasteiger partial charge in [0.05, 0.1) is 25.4 Å². The van der Waals surface area contributed by atoms with Gasteiger partial charge < -0.3 is 19.5 Å². The van der Waals surface area contributed by atoms with Gasteiger partial charge in [-0.3, -0.25) is 9.59 Å². The summed E-state index contributed by atoms with van der Waals surface area (Å²) in [6, 6.07) is 5.77. The topological polar surface area (TPSA) is 90.9 Å². The lowest BCUT2D eigenvalue weighted by Gasteiger charge is -2.38. The van der Waals surface area contributed by atoms with E-state index in [9.17, 15) is 18.8 Å². The lowest BCUT2D eigenvalue weighted by Crippen LogP contribution is -2.43. The monoisotopic (exact) mass is 459 g/mol. The fraction of sp³-hybridized carbons (Fsp3) is 0.480. The number of carbonyl (C=O) groups is 3. The van der Waals surface area contributed by atoms with Crippen molar-refractivity contribution in [2.24, 2.45) is 11.8 Å². The molecule has 0 spiro atoms. The summed E-state index contributed by atoms with van der Waals surface area (Å²) in [6.45, 7) is 7.54. The highest BCUT2D eigenvalue weighted by Crippen LogP contribution is 2.45. The van der Waals surface area contributed by atoms with E-state index in [4.69, 9.17) is 14.2 Å². The van der Waals surface area contributed by atoms with Crippen molar-refractivity contribution < 1.29 is 33.0 Å². The van der Waals surface area contributed by atoms with Crippen molar-refractivity contribution >= 4 is 17.7 Å². The van der Waals surface area contributed by atoms with E-state index in [1.165, 1.54) is 25.3 Å². The van der Waals surface area contributed by atoms with E-state index < -0.39 is 35.4 Å². The van der Waals surface area contributed by atoms with Crippen molar-refractivity contribution in [2.45, 2.75) is 46.1 Å². The molecule has 3 atom stereocenters. The molecule has 0 amide bonds. The lowest BCUT2D eigenvalue weighted by atomic mass is 9.69. The van der Waals surface area contributed by atoms with Crippen LogP contribution in [-0.4, -0.2) is 44.1 Å². The number of dihydropyridines is 1. The Morgan fingerprint density at radius 1 is 1.24 bits per heavy atom. The molecule has 0 saturated carbocycles. The van der Waals surface area contributed by atoms with E-state index in [-0.39, 0.29) is 36.4 Å². The average molecular weight is 460 g/mol. The van der Waals surface area contributed by atoms with E-state index >= 15 is 0 Å². The molecule has 1 aliphatic carbocycles. The summed E-state index contributed by atoms with van der Waals surface area (Å²) in [5, 5.41) is 3.17. The highest BCUT2D eigenvalue weighted by Gasteiger charge is 2.47. The molecule has 2 aliphatic rings. The maximum Gasteiger partial charge on any atom is 0.336 e. The zero-order chi connectivity index (χ0) is 24.3. The number of halogens is 1. The smallest absolute Gasteiger partial charge is 0.336 e. The first-order valence-corrected chi connectivity index (χ1v) is 11.0. The van der Waals surface area contributed by atoms with Gasteiger partial charge in [-0.25, -0.2) is 9.18 Å². The van der Waals surface area contributed by atoms with Gasteiger partial charge in [0.1, 0.15) is 18.3 Å². The Morgan fingerprint density at radius 2 is 1.97 bits per heavy atom. The number of hydrogen-bond acceptors (Lipinski definition) is 7. The quantitative estimate of drug-likeness (QED) is 0.380. The van der Waals surface area contributed by atoms with Crippen LogP contribution in [0.4, 0.5) is 4.39 Å². The molecule has 178 valence electrons. The molecule has 1 heterocycles. The number of nitrogens with one attached hydrogen (secondary N) is 1. The van der Waals surface area contributed by atoms with Crippen molar-refractivity contribution in [3.05, 3.63) is 58.2 Å². The molecule has 1 aromatic rings. The van der Waals surface area contributed by atoms with Gasteiger partial charge >= 0.3 is 11.9 Å². The minimum Gasteiger partial charge on any atom is -0.468 e. The Balaban J connectivity index is 2.04. The molecule has 3 rings (SSSR count). The second-order valence-electron chi connectivity index (χ2n) is 8.65. The summed E-state index contributed by atoms with van der Waals surface area (Å²) in [5.74, 6) is -4.35. The lowest BCUT2D eigenvalue weighted by molar-refractivity contribution is -0.151. The maximum atomic E-state index is 14.2. The fourth-order valence-electron chi connectivity index (χ4n) is 4.47. The van der Waals surface area contributed by atoms with Crippen molar-refractivity contribution in [1.82, 2.24) is 5.32 Å². The van der Waals surface area contributed by atoms with Crippen LogP contribution in [0.1, 0.15) is 45.6 Å². The summed E-state index contributed by atoms with van der Waals surface area (Å²) in [6.07, 6.45) is 0.403. The number of methoxy groups -OCH3 is 1. The van der Waals surface area contributed by atoms with Crippen LogP contribution in [0.25, 0.3) is 0 Å². The molecule has 0 unspecified atom stereocenters. The van der Waals surface area contributed by atoms with Crippen molar-refractivity contribution in [3.8, 4) is 0 Å². The summed E-state index contributed by atoms with van der Waals surface area (Å²) >= 11 is 0. The second-order valence-corrected chi connectivity index (χ2v) is 8.65. The molecule has 0 bridgehead atoms. The molecule has 8 heteroatoms. The predicted octanol–water partition coefficient (Wildman–Crippen LogP) is 3.41. The molecule has 33 heavy (non-hydrogen) atoms. The molecule has 1 aliphatic heterocycles. The number of benzene rings is 1. The number of rotatable bonds is 7. The number of ketones is 1. The molecule has 0 saturated heterocycles. The Bertz CT molecular complexity index is 1010. The van der Waals surface area contributed by atoms with Crippen LogP contribution in [0.2, 0.25) is 0 Å². The number of hydrogen-bond donors (Lipinski definition) is 1. The summed E-state index contributed by atoms with van der Waals surface area (Å²) in [7, 11) is 1.24. The Hall–Kier alpha value is -3.00. The zero-order valence-corrected chi connectivity index (χ0v) is 19.6. The van der Waals surface area contributed by atoms with Crippen LogP contribution in [-0.2, 0) is 28.6 Å². The van der Waals surface area contributed by atoms with E-state index in [1.807, 2.05) is 13.8 Å². The van der Waals surface area contributed by atoms with Gasteiger partial charge in [0.25, 0.3) is 0 Å². The Kier molecular flexibility index (Phi) is 7.68. The third-order valence-electron chi connectivity index (χ3n) is 5.91. The third-order valence-corrected chi connectivity index (χ3v) is 5.91. The van der Waals surface area contributed by atoms with E-state index in [0.717, 1.165) is 0 Å². The van der Waals surface area contributed by atoms with E-state index in [0.29, 0.717) is 23.4 Å². The van der Waals surface area contributed by atoms with Crippen molar-refractivity contribution in [3.63, 3.8) is 0 Å². The molecule has 0 fully saturated rings. The highest BCUT2D eigenvalue weighted by molar-refractivity contribution is 6.12. The van der Waals surface area contributed by atoms with Crippen LogP contribution in [0.5, 0.6) is 0 Å². The molecule has 7 nitrogen and oxygen atoms in total. The fourth-order valence-corrected chi connectivity index (χ4v) is 4.47. The normalized spacial score (nSPS) is 22.8.